The van der Waals surface area contributed by atoms with Crippen molar-refractivity contribution in [3.8, 4) is 5.75 Å². The Morgan fingerprint density at radius 3 is 2.63 bits per heavy atom. The van der Waals surface area contributed by atoms with Gasteiger partial charge >= 0.3 is 0 Å². The smallest absolute Gasteiger partial charge is 0.131 e. The van der Waals surface area contributed by atoms with Crippen molar-refractivity contribution in [1.82, 2.24) is 10.3 Å². The molecule has 3 atom stereocenters. The molecule has 30 heavy (non-hydrogen) atoms. The molecule has 1 aliphatic heterocycles. The number of rotatable bonds is 5. The van der Waals surface area contributed by atoms with Crippen LogP contribution >= 0.6 is 11.6 Å². The number of benzene rings is 2. The summed E-state index contributed by atoms with van der Waals surface area (Å²) in [5.74, 6) is 1.15. The summed E-state index contributed by atoms with van der Waals surface area (Å²) in [5, 5.41) is 16.3. The average Bonchev–Trinajstić information content (AvgIpc) is 2.71. The van der Waals surface area contributed by atoms with Crippen LogP contribution in [-0.4, -0.2) is 28.3 Å². The molecule has 3 aromatic rings. The van der Waals surface area contributed by atoms with Gasteiger partial charge in [-0.3, -0.25) is 0 Å². The maximum Gasteiger partial charge on any atom is 0.131 e. The van der Waals surface area contributed by atoms with Crippen LogP contribution < -0.4 is 10.1 Å². The number of hydrogen-bond donors (Lipinski definition) is 2. The van der Waals surface area contributed by atoms with Gasteiger partial charge in [0, 0.05) is 17.5 Å². The molecule has 0 radical (unpaired) electrons. The zero-order chi connectivity index (χ0) is 21.5. The predicted octanol–water partition coefficient (Wildman–Crippen LogP) is 5.55. The predicted molar refractivity (Wildman–Crippen MR) is 122 cm³/mol. The number of nitrogens with zero attached hydrogens (tertiary/aromatic N) is 1. The molecule has 0 saturated heterocycles. The minimum Gasteiger partial charge on any atom is -0.485 e. The lowest BCUT2D eigenvalue weighted by Crippen LogP contribution is -2.53. The molecule has 0 aliphatic carbocycles. The molecule has 5 heteroatoms. The third-order valence-corrected chi connectivity index (χ3v) is 6.39. The molecule has 4 rings (SSSR count). The van der Waals surface area contributed by atoms with Gasteiger partial charge in [0.15, 0.2) is 0 Å². The molecule has 0 fully saturated rings. The van der Waals surface area contributed by atoms with E-state index in [9.17, 15) is 5.11 Å². The number of aryl methyl sites for hydroxylation is 1. The molecule has 2 aromatic carbocycles. The van der Waals surface area contributed by atoms with E-state index in [0.29, 0.717) is 11.1 Å². The summed E-state index contributed by atoms with van der Waals surface area (Å²) >= 11 is 6.20. The number of aromatic nitrogens is 1. The van der Waals surface area contributed by atoms with Gasteiger partial charge in [0.25, 0.3) is 0 Å². The van der Waals surface area contributed by atoms with Gasteiger partial charge < -0.3 is 15.2 Å². The molecular weight excluding hydrogens is 396 g/mol. The van der Waals surface area contributed by atoms with Crippen LogP contribution in [0.5, 0.6) is 5.75 Å². The lowest BCUT2D eigenvalue weighted by molar-refractivity contribution is -0.0645. The maximum absolute atomic E-state index is 11.1. The molecule has 2 N–H and O–H groups in total. The van der Waals surface area contributed by atoms with E-state index in [0.717, 1.165) is 40.7 Å². The van der Waals surface area contributed by atoms with E-state index in [4.69, 9.17) is 16.3 Å². The molecule has 0 amide bonds. The van der Waals surface area contributed by atoms with Crippen LogP contribution in [0.4, 0.5) is 0 Å². The van der Waals surface area contributed by atoms with Gasteiger partial charge in [-0.15, -0.1) is 0 Å². The molecule has 0 spiro atoms. The van der Waals surface area contributed by atoms with E-state index in [-0.39, 0.29) is 6.04 Å². The van der Waals surface area contributed by atoms with E-state index in [2.05, 4.69) is 41.5 Å². The number of ether oxygens (including phenoxy) is 1. The summed E-state index contributed by atoms with van der Waals surface area (Å²) in [6, 6.07) is 16.1. The molecule has 1 unspecified atom stereocenters. The lowest BCUT2D eigenvalue weighted by atomic mass is 9.85. The van der Waals surface area contributed by atoms with Gasteiger partial charge in [0.2, 0.25) is 0 Å². The molecule has 0 saturated carbocycles. The fourth-order valence-electron chi connectivity index (χ4n) is 4.36. The standard InChI is InChI=1S/C25H29ClN2O2/c1-5-16(17-9-7-6-8-10-17)14-27-23-19-12-20-18(15(2)11-22(26)28-20)13-21(19)30-25(3,4)24(23)29/h6-13,16,23-24,27,29H,5,14H2,1-4H3/t16?,23-,24+/m0/s1. The molecular formula is C25H29ClN2O2. The minimum atomic E-state index is -0.708. The Kier molecular flexibility index (Phi) is 5.75. The van der Waals surface area contributed by atoms with Crippen LogP contribution in [0.3, 0.4) is 0 Å². The number of halogens is 1. The first-order valence-electron chi connectivity index (χ1n) is 10.6. The van der Waals surface area contributed by atoms with Crippen LogP contribution in [0, 0.1) is 6.92 Å². The van der Waals surface area contributed by atoms with E-state index in [1.807, 2.05) is 45.0 Å². The van der Waals surface area contributed by atoms with Crippen molar-refractivity contribution in [1.29, 1.82) is 0 Å². The quantitative estimate of drug-likeness (QED) is 0.527. The van der Waals surface area contributed by atoms with Gasteiger partial charge in [0.05, 0.1) is 11.6 Å². The lowest BCUT2D eigenvalue weighted by Gasteiger charge is -2.43. The van der Waals surface area contributed by atoms with E-state index >= 15 is 0 Å². The Morgan fingerprint density at radius 1 is 1.20 bits per heavy atom. The number of pyridine rings is 1. The van der Waals surface area contributed by atoms with Crippen molar-refractivity contribution in [3.63, 3.8) is 0 Å². The summed E-state index contributed by atoms with van der Waals surface area (Å²) in [7, 11) is 0. The molecule has 1 aromatic heterocycles. The molecule has 0 bridgehead atoms. The van der Waals surface area contributed by atoms with Crippen LogP contribution in [-0.2, 0) is 0 Å². The first-order chi connectivity index (χ1) is 14.3. The maximum atomic E-state index is 11.1. The number of nitrogens with one attached hydrogen (secondary N) is 1. The SMILES string of the molecule is CCC(CN[C@H]1c2cc3nc(Cl)cc(C)c3cc2OC(C)(C)[C@@H]1O)c1ccccc1. The van der Waals surface area contributed by atoms with Gasteiger partial charge in [-0.2, -0.15) is 0 Å². The number of hydrogen-bond acceptors (Lipinski definition) is 4. The highest BCUT2D eigenvalue weighted by molar-refractivity contribution is 6.29. The third kappa shape index (κ3) is 3.92. The number of aliphatic hydroxyl groups excluding tert-OH is 1. The highest BCUT2D eigenvalue weighted by Gasteiger charge is 2.43. The van der Waals surface area contributed by atoms with Crippen LogP contribution in [0.25, 0.3) is 10.9 Å². The van der Waals surface area contributed by atoms with Crippen molar-refractivity contribution < 1.29 is 9.84 Å². The zero-order valence-corrected chi connectivity index (χ0v) is 18.7. The third-order valence-electron chi connectivity index (χ3n) is 6.20. The normalized spacial score (nSPS) is 21.1. The van der Waals surface area contributed by atoms with Crippen LogP contribution in [0.1, 0.15) is 55.8 Å². The Balaban J connectivity index is 1.71. The number of fused-ring (bicyclic) bond motifs is 2. The largest absolute Gasteiger partial charge is 0.485 e. The Labute approximate surface area is 183 Å². The molecule has 1 aliphatic rings. The minimum absolute atomic E-state index is 0.257. The summed E-state index contributed by atoms with van der Waals surface area (Å²) < 4.78 is 6.22. The van der Waals surface area contributed by atoms with E-state index in [1.165, 1.54) is 5.56 Å². The fourth-order valence-corrected chi connectivity index (χ4v) is 4.61. The fraction of sp³-hybridized carbons (Fsp3) is 0.400. The van der Waals surface area contributed by atoms with Crippen molar-refractivity contribution in [2.24, 2.45) is 0 Å². The van der Waals surface area contributed by atoms with E-state index in [1.54, 1.807) is 0 Å². The second kappa shape index (κ2) is 8.18. The summed E-state index contributed by atoms with van der Waals surface area (Å²) in [6.45, 7) is 8.84. The zero-order valence-electron chi connectivity index (χ0n) is 17.9. The monoisotopic (exact) mass is 424 g/mol. The molecule has 4 nitrogen and oxygen atoms in total. The summed E-state index contributed by atoms with van der Waals surface area (Å²) in [6.07, 6.45) is 0.316. The van der Waals surface area contributed by atoms with E-state index < -0.39 is 11.7 Å². The number of aliphatic hydroxyl groups is 1. The molecule has 158 valence electrons. The summed E-state index contributed by atoms with van der Waals surface area (Å²) in [5.41, 5.74) is 3.39. The van der Waals surface area contributed by atoms with Crippen molar-refractivity contribution >= 4 is 22.5 Å². The van der Waals surface area contributed by atoms with Gasteiger partial charge in [0.1, 0.15) is 22.6 Å². The second-order valence-corrected chi connectivity index (χ2v) is 9.11. The summed E-state index contributed by atoms with van der Waals surface area (Å²) in [4.78, 5) is 4.50. The van der Waals surface area contributed by atoms with Crippen molar-refractivity contribution in [3.05, 3.63) is 70.4 Å². The van der Waals surface area contributed by atoms with Crippen molar-refractivity contribution in [2.45, 2.75) is 57.8 Å². The van der Waals surface area contributed by atoms with Gasteiger partial charge in [-0.25, -0.2) is 4.98 Å². The van der Waals surface area contributed by atoms with Gasteiger partial charge in [-0.1, -0.05) is 48.9 Å². The second-order valence-electron chi connectivity index (χ2n) is 8.72. The van der Waals surface area contributed by atoms with Crippen LogP contribution in [0.15, 0.2) is 48.5 Å². The topological polar surface area (TPSA) is 54.4 Å². The van der Waals surface area contributed by atoms with Gasteiger partial charge in [-0.05, 0) is 62.4 Å². The average molecular weight is 425 g/mol. The Hall–Kier alpha value is -2.14. The Bertz CT molecular complexity index is 1050. The molecule has 2 heterocycles. The van der Waals surface area contributed by atoms with Crippen molar-refractivity contribution in [2.75, 3.05) is 6.54 Å². The highest BCUT2D eigenvalue weighted by atomic mass is 35.5. The Morgan fingerprint density at radius 2 is 1.93 bits per heavy atom. The first-order valence-corrected chi connectivity index (χ1v) is 10.9. The van der Waals surface area contributed by atoms with Crippen LogP contribution in [0.2, 0.25) is 5.15 Å². The first kappa shape index (κ1) is 21.1. The highest BCUT2D eigenvalue weighted by Crippen LogP contribution is 2.42.